The topological polar surface area (TPSA) is 54.9 Å². The number of aromatic nitrogens is 2. The van der Waals surface area contributed by atoms with Crippen molar-refractivity contribution in [2.75, 3.05) is 18.8 Å². The fraction of sp³-hybridized carbons (Fsp3) is 0.636. The van der Waals surface area contributed by atoms with Crippen LogP contribution in [0.2, 0.25) is 0 Å². The zero-order chi connectivity index (χ0) is 11.4. The van der Waals surface area contributed by atoms with Crippen molar-refractivity contribution in [3.8, 4) is 0 Å². The number of hydrogen-bond acceptors (Lipinski definition) is 4. The number of nitrogens with one attached hydrogen (secondary N) is 1. The number of piperidine rings is 1. The van der Waals surface area contributed by atoms with E-state index in [-0.39, 0.29) is 0 Å². The van der Waals surface area contributed by atoms with Gasteiger partial charge in [-0.25, -0.2) is 9.97 Å². The predicted molar refractivity (Wildman–Crippen MR) is 63.6 cm³/mol. The molecule has 1 fully saturated rings. The van der Waals surface area contributed by atoms with Crippen molar-refractivity contribution in [2.24, 2.45) is 5.92 Å². The Labute approximate surface area is 98.3 Å². The zero-order valence-electron chi connectivity index (χ0n) is 9.48. The smallest absolute Gasteiger partial charge is 0.218 e. The van der Waals surface area contributed by atoms with Gasteiger partial charge in [-0.05, 0) is 44.8 Å². The molecule has 5 heteroatoms. The molecule has 16 heavy (non-hydrogen) atoms. The van der Waals surface area contributed by atoms with Gasteiger partial charge in [0.2, 0.25) is 5.16 Å². The molecule has 1 aromatic rings. The minimum absolute atomic E-state index is 0.477. The van der Waals surface area contributed by atoms with Crippen LogP contribution in [0.25, 0.3) is 0 Å². The van der Waals surface area contributed by atoms with Crippen LogP contribution in [0.15, 0.2) is 17.4 Å². The molecule has 0 aromatic carbocycles. The van der Waals surface area contributed by atoms with Gasteiger partial charge in [0.25, 0.3) is 0 Å². The summed E-state index contributed by atoms with van der Waals surface area (Å²) in [7, 11) is -1.05. The molecular weight excluding hydrogens is 222 g/mol. The van der Waals surface area contributed by atoms with Crippen LogP contribution in [-0.4, -0.2) is 33.0 Å². The number of nitrogens with zero attached hydrogens (tertiary/aromatic N) is 2. The van der Waals surface area contributed by atoms with E-state index >= 15 is 0 Å². The standard InChI is InChI=1S/C11H17N3OS/c1-9-4-6-13-11(14-9)16(15)8-10-3-2-5-12-7-10/h4,6,10,12H,2-3,5,7-8H2,1H3/t10-,16-/m1/s1. The SMILES string of the molecule is Cc1ccnc([S@](=O)C[C@@H]2CCCNC2)n1. The predicted octanol–water partition coefficient (Wildman–Crippen LogP) is 0.892. The van der Waals surface area contributed by atoms with Gasteiger partial charge in [0.15, 0.2) is 0 Å². The van der Waals surface area contributed by atoms with E-state index < -0.39 is 10.8 Å². The molecule has 1 aliphatic rings. The molecule has 0 saturated carbocycles. The van der Waals surface area contributed by atoms with Gasteiger partial charge in [0, 0.05) is 17.6 Å². The van der Waals surface area contributed by atoms with Crippen molar-refractivity contribution in [2.45, 2.75) is 24.9 Å². The minimum Gasteiger partial charge on any atom is -0.316 e. The highest BCUT2D eigenvalue weighted by molar-refractivity contribution is 7.84. The quantitative estimate of drug-likeness (QED) is 0.796. The highest BCUT2D eigenvalue weighted by atomic mass is 32.2. The molecule has 1 aliphatic heterocycles. The Kier molecular flexibility index (Phi) is 4.01. The van der Waals surface area contributed by atoms with Gasteiger partial charge < -0.3 is 5.32 Å². The Bertz CT molecular complexity index is 377. The molecule has 0 unspecified atom stereocenters. The Morgan fingerprint density at radius 3 is 3.19 bits per heavy atom. The second-order valence-electron chi connectivity index (χ2n) is 4.21. The average molecular weight is 239 g/mol. The molecule has 2 atom stereocenters. The lowest BCUT2D eigenvalue weighted by Crippen LogP contribution is -2.32. The fourth-order valence-electron chi connectivity index (χ4n) is 1.89. The second-order valence-corrected chi connectivity index (χ2v) is 5.59. The molecule has 0 spiro atoms. The molecule has 0 aliphatic carbocycles. The second kappa shape index (κ2) is 5.50. The van der Waals surface area contributed by atoms with Crippen molar-refractivity contribution in [3.05, 3.63) is 18.0 Å². The van der Waals surface area contributed by atoms with Crippen molar-refractivity contribution in [1.29, 1.82) is 0 Å². The van der Waals surface area contributed by atoms with Crippen LogP contribution in [-0.2, 0) is 10.8 Å². The van der Waals surface area contributed by atoms with Crippen molar-refractivity contribution < 1.29 is 4.21 Å². The van der Waals surface area contributed by atoms with Gasteiger partial charge in [-0.2, -0.15) is 0 Å². The Balaban J connectivity index is 1.97. The summed E-state index contributed by atoms with van der Waals surface area (Å²) in [6.45, 7) is 3.95. The average Bonchev–Trinajstić information content (AvgIpc) is 2.30. The molecule has 1 saturated heterocycles. The molecule has 2 rings (SSSR count). The maximum Gasteiger partial charge on any atom is 0.218 e. The molecule has 0 amide bonds. The highest BCUT2D eigenvalue weighted by Crippen LogP contribution is 2.13. The zero-order valence-corrected chi connectivity index (χ0v) is 10.3. The lowest BCUT2D eigenvalue weighted by Gasteiger charge is -2.21. The lowest BCUT2D eigenvalue weighted by atomic mass is 10.0. The van der Waals surface area contributed by atoms with Crippen LogP contribution < -0.4 is 5.32 Å². The first-order valence-corrected chi connectivity index (χ1v) is 6.96. The van der Waals surface area contributed by atoms with Gasteiger partial charge in [0.05, 0.1) is 10.8 Å². The molecule has 1 aromatic heterocycles. The van der Waals surface area contributed by atoms with E-state index in [0.29, 0.717) is 16.8 Å². The first-order valence-electron chi connectivity index (χ1n) is 5.64. The van der Waals surface area contributed by atoms with E-state index in [1.807, 2.05) is 13.0 Å². The summed E-state index contributed by atoms with van der Waals surface area (Å²) in [5.41, 5.74) is 0.875. The molecule has 4 nitrogen and oxygen atoms in total. The van der Waals surface area contributed by atoms with Crippen LogP contribution in [0.1, 0.15) is 18.5 Å². The fourth-order valence-corrected chi connectivity index (χ4v) is 3.18. The molecule has 2 heterocycles. The third kappa shape index (κ3) is 3.09. The van der Waals surface area contributed by atoms with Gasteiger partial charge in [-0.1, -0.05) is 0 Å². The van der Waals surface area contributed by atoms with E-state index in [4.69, 9.17) is 0 Å². The summed E-state index contributed by atoms with van der Waals surface area (Å²) >= 11 is 0. The normalized spacial score (nSPS) is 22.9. The number of rotatable bonds is 3. The maximum absolute atomic E-state index is 12.0. The van der Waals surface area contributed by atoms with Crippen LogP contribution in [0.3, 0.4) is 0 Å². The minimum atomic E-state index is -1.05. The largest absolute Gasteiger partial charge is 0.316 e. The van der Waals surface area contributed by atoms with Gasteiger partial charge in [-0.15, -0.1) is 0 Å². The third-order valence-electron chi connectivity index (χ3n) is 2.76. The van der Waals surface area contributed by atoms with E-state index in [1.165, 1.54) is 6.42 Å². The van der Waals surface area contributed by atoms with E-state index in [0.717, 1.165) is 25.2 Å². The number of aryl methyl sites for hydroxylation is 1. The molecule has 1 N–H and O–H groups in total. The third-order valence-corrected chi connectivity index (χ3v) is 4.14. The van der Waals surface area contributed by atoms with E-state index in [2.05, 4.69) is 15.3 Å². The van der Waals surface area contributed by atoms with Crippen LogP contribution in [0.5, 0.6) is 0 Å². The van der Waals surface area contributed by atoms with Gasteiger partial charge in [0.1, 0.15) is 0 Å². The lowest BCUT2D eigenvalue weighted by molar-refractivity contribution is 0.407. The first-order chi connectivity index (χ1) is 7.75. The molecule has 0 bridgehead atoms. The van der Waals surface area contributed by atoms with E-state index in [9.17, 15) is 4.21 Å². The Morgan fingerprint density at radius 1 is 1.62 bits per heavy atom. The summed E-state index contributed by atoms with van der Waals surface area (Å²) in [5, 5.41) is 3.81. The molecule has 88 valence electrons. The Morgan fingerprint density at radius 2 is 2.50 bits per heavy atom. The van der Waals surface area contributed by atoms with Gasteiger partial charge >= 0.3 is 0 Å². The highest BCUT2D eigenvalue weighted by Gasteiger charge is 2.18. The summed E-state index contributed by atoms with van der Waals surface area (Å²) in [4.78, 5) is 8.28. The van der Waals surface area contributed by atoms with E-state index in [1.54, 1.807) is 6.20 Å². The van der Waals surface area contributed by atoms with Crippen LogP contribution in [0.4, 0.5) is 0 Å². The van der Waals surface area contributed by atoms with Crippen LogP contribution in [0, 0.1) is 12.8 Å². The molecular formula is C11H17N3OS. The Hall–Kier alpha value is -0.810. The summed E-state index contributed by atoms with van der Waals surface area (Å²) < 4.78 is 12.0. The molecule has 0 radical (unpaired) electrons. The van der Waals surface area contributed by atoms with Crippen molar-refractivity contribution in [1.82, 2.24) is 15.3 Å². The maximum atomic E-state index is 12.0. The van der Waals surface area contributed by atoms with Crippen LogP contribution >= 0.6 is 0 Å². The van der Waals surface area contributed by atoms with Crippen molar-refractivity contribution in [3.63, 3.8) is 0 Å². The summed E-state index contributed by atoms with van der Waals surface area (Å²) in [5.74, 6) is 1.18. The van der Waals surface area contributed by atoms with Crippen molar-refractivity contribution >= 4 is 10.8 Å². The number of hydrogen-bond donors (Lipinski definition) is 1. The summed E-state index contributed by atoms with van der Waals surface area (Å²) in [6, 6.07) is 1.82. The summed E-state index contributed by atoms with van der Waals surface area (Å²) in [6.07, 6.45) is 4.01. The monoisotopic (exact) mass is 239 g/mol. The first kappa shape index (κ1) is 11.7. The van der Waals surface area contributed by atoms with Gasteiger partial charge in [-0.3, -0.25) is 4.21 Å².